The zero-order chi connectivity index (χ0) is 27.6. The van der Waals surface area contributed by atoms with Gasteiger partial charge in [-0.2, -0.15) is 13.2 Å². The van der Waals surface area contributed by atoms with Gasteiger partial charge >= 0.3 is 11.9 Å². The highest BCUT2D eigenvalue weighted by Gasteiger charge is 2.52. The Hall–Kier alpha value is -2.77. The molecule has 2 saturated heterocycles. The minimum atomic E-state index is -4.65. The molecule has 12 heteroatoms. The van der Waals surface area contributed by atoms with Crippen LogP contribution in [-0.4, -0.2) is 58.7 Å². The lowest BCUT2D eigenvalue weighted by atomic mass is 9.73. The Bertz CT molecular complexity index is 1440. The lowest BCUT2D eigenvalue weighted by Crippen LogP contribution is -2.61. The summed E-state index contributed by atoms with van der Waals surface area (Å²) in [7, 11) is 1.80. The number of fused-ring (bicyclic) bond motifs is 1. The molecule has 1 aromatic carbocycles. The van der Waals surface area contributed by atoms with E-state index >= 15 is 4.39 Å². The Morgan fingerprint density at radius 3 is 2.56 bits per heavy atom. The zero-order valence-corrected chi connectivity index (χ0v) is 21.8. The molecule has 0 bridgehead atoms. The van der Waals surface area contributed by atoms with Gasteiger partial charge in [0.25, 0.3) is 0 Å². The molecule has 1 saturated carbocycles. The number of alkyl halides is 4. The number of pyridine rings is 1. The lowest BCUT2D eigenvalue weighted by Gasteiger charge is -2.46. The monoisotopic (exact) mass is 548 g/mol. The number of nitrogens with zero attached hydrogens (tertiary/aromatic N) is 3. The van der Waals surface area contributed by atoms with Crippen molar-refractivity contribution in [1.29, 1.82) is 0 Å². The molecule has 3 aromatic rings. The fourth-order valence-electron chi connectivity index (χ4n) is 5.81. The van der Waals surface area contributed by atoms with Gasteiger partial charge in [-0.15, -0.1) is 0 Å². The van der Waals surface area contributed by atoms with Gasteiger partial charge in [-0.3, -0.25) is 13.9 Å². The quantitative estimate of drug-likeness (QED) is 0.395. The maximum Gasteiger partial charge on any atom is 0.418 e. The van der Waals surface area contributed by atoms with Crippen molar-refractivity contribution in [3.05, 3.63) is 69.9 Å². The second-order valence-corrected chi connectivity index (χ2v) is 11.3. The third-order valence-electron chi connectivity index (χ3n) is 8.58. The van der Waals surface area contributed by atoms with Crippen molar-refractivity contribution in [3.8, 4) is 5.69 Å². The molecule has 0 amide bonds. The van der Waals surface area contributed by atoms with Crippen molar-refractivity contribution in [2.24, 2.45) is 0 Å². The number of nitrogens with one attached hydrogen (secondary N) is 3. The SMILES string of the molecule is CN1CNNC1[C@H](F)C1(c2cccc(-n3cc4c(C(F)(F)F)cc(CNC5(C)CCC5)cn4c3=O)c2)COC1. The smallest absolute Gasteiger partial charge is 0.379 e. The van der Waals surface area contributed by atoms with Crippen molar-refractivity contribution in [1.82, 2.24) is 30.0 Å². The van der Waals surface area contributed by atoms with Gasteiger partial charge in [-0.05, 0) is 62.6 Å². The van der Waals surface area contributed by atoms with Crippen molar-refractivity contribution in [2.75, 3.05) is 26.9 Å². The highest BCUT2D eigenvalue weighted by Crippen LogP contribution is 2.40. The number of aromatic nitrogens is 2. The minimum Gasteiger partial charge on any atom is -0.379 e. The molecule has 1 aliphatic carbocycles. The number of hydrogen-bond acceptors (Lipinski definition) is 6. The Balaban J connectivity index is 1.39. The number of halogens is 4. The molecule has 1 unspecified atom stereocenters. The van der Waals surface area contributed by atoms with Crippen molar-refractivity contribution < 1.29 is 22.3 Å². The summed E-state index contributed by atoms with van der Waals surface area (Å²) in [6.45, 7) is 3.07. The van der Waals surface area contributed by atoms with E-state index in [9.17, 15) is 18.0 Å². The summed E-state index contributed by atoms with van der Waals surface area (Å²) in [5.74, 6) is 0. The van der Waals surface area contributed by atoms with Crippen LogP contribution in [0.25, 0.3) is 11.2 Å². The van der Waals surface area contributed by atoms with Crippen LogP contribution < -0.4 is 21.9 Å². The molecule has 4 heterocycles. The lowest BCUT2D eigenvalue weighted by molar-refractivity contribution is -0.136. The van der Waals surface area contributed by atoms with E-state index in [0.717, 1.165) is 29.7 Å². The molecule has 3 aliphatic rings. The van der Waals surface area contributed by atoms with Crippen LogP contribution in [0.5, 0.6) is 0 Å². The molecule has 8 nitrogen and oxygen atoms in total. The van der Waals surface area contributed by atoms with Crippen LogP contribution >= 0.6 is 0 Å². The van der Waals surface area contributed by atoms with E-state index in [0.29, 0.717) is 23.5 Å². The van der Waals surface area contributed by atoms with Crippen LogP contribution in [0.4, 0.5) is 17.6 Å². The summed E-state index contributed by atoms with van der Waals surface area (Å²) in [6.07, 6.45) is -0.882. The highest BCUT2D eigenvalue weighted by molar-refractivity contribution is 5.58. The van der Waals surface area contributed by atoms with Crippen LogP contribution in [0.3, 0.4) is 0 Å². The first-order valence-electron chi connectivity index (χ1n) is 13.1. The molecule has 210 valence electrons. The fourth-order valence-corrected chi connectivity index (χ4v) is 5.81. The van der Waals surface area contributed by atoms with Crippen molar-refractivity contribution >= 4 is 5.52 Å². The summed E-state index contributed by atoms with van der Waals surface area (Å²) in [6, 6.07) is 7.88. The fraction of sp³-hybridized carbons (Fsp3) is 0.519. The van der Waals surface area contributed by atoms with Crippen LogP contribution in [0.2, 0.25) is 0 Å². The van der Waals surface area contributed by atoms with Gasteiger partial charge in [0.2, 0.25) is 0 Å². The van der Waals surface area contributed by atoms with E-state index in [2.05, 4.69) is 23.1 Å². The van der Waals surface area contributed by atoms with E-state index in [1.807, 2.05) is 4.90 Å². The Morgan fingerprint density at radius 1 is 1.21 bits per heavy atom. The molecule has 3 N–H and O–H groups in total. The summed E-state index contributed by atoms with van der Waals surface area (Å²) >= 11 is 0. The first-order valence-corrected chi connectivity index (χ1v) is 13.1. The first kappa shape index (κ1) is 26.5. The normalized spacial score (nSPS) is 23.5. The molecule has 0 radical (unpaired) electrons. The number of rotatable bonds is 7. The molecular weight excluding hydrogens is 516 g/mol. The summed E-state index contributed by atoms with van der Waals surface area (Å²) < 4.78 is 66.0. The third kappa shape index (κ3) is 4.48. The van der Waals surface area contributed by atoms with Gasteiger partial charge in [-0.1, -0.05) is 12.1 Å². The van der Waals surface area contributed by atoms with E-state index in [1.165, 1.54) is 17.0 Å². The first-order chi connectivity index (χ1) is 18.5. The molecule has 6 rings (SSSR count). The van der Waals surface area contributed by atoms with Gasteiger partial charge in [0.15, 0.2) is 0 Å². The molecular formula is C27H32F4N6O2. The molecule has 2 aromatic heterocycles. The van der Waals surface area contributed by atoms with Crippen LogP contribution in [-0.2, 0) is 22.9 Å². The van der Waals surface area contributed by atoms with Crippen molar-refractivity contribution in [2.45, 2.75) is 62.2 Å². The maximum absolute atomic E-state index is 15.9. The standard InChI is InChI=1S/C27H32F4N6O2/c1-25(7-4-8-25)32-11-17-9-20(27(29,30)31)21-13-36(24(38)37(21)12-17)19-6-3-5-18(10-19)26(14-39-15-26)22(28)23-34-33-16-35(23)2/h3,5-6,9-10,12-13,22-23,32-34H,4,7-8,11,14-16H2,1-2H3/t22-,23?/m0/s1. The maximum atomic E-state index is 15.9. The average molecular weight is 549 g/mol. The average Bonchev–Trinajstić information content (AvgIpc) is 3.43. The Labute approximate surface area is 222 Å². The van der Waals surface area contributed by atoms with E-state index < -0.39 is 35.2 Å². The Morgan fingerprint density at radius 2 is 1.97 bits per heavy atom. The zero-order valence-electron chi connectivity index (χ0n) is 21.8. The Kier molecular flexibility index (Phi) is 6.38. The summed E-state index contributed by atoms with van der Waals surface area (Å²) in [4.78, 5) is 15.3. The largest absolute Gasteiger partial charge is 0.418 e. The predicted octanol–water partition coefficient (Wildman–Crippen LogP) is 3.07. The third-order valence-corrected chi connectivity index (χ3v) is 8.58. The van der Waals surface area contributed by atoms with Crippen LogP contribution in [0, 0.1) is 0 Å². The topological polar surface area (TPSA) is 75.0 Å². The second kappa shape index (κ2) is 9.41. The molecule has 39 heavy (non-hydrogen) atoms. The van der Waals surface area contributed by atoms with Crippen molar-refractivity contribution in [3.63, 3.8) is 0 Å². The number of hydrogen-bond donors (Lipinski definition) is 3. The highest BCUT2D eigenvalue weighted by atomic mass is 19.4. The van der Waals surface area contributed by atoms with Gasteiger partial charge in [0.1, 0.15) is 12.3 Å². The molecule has 2 atom stereocenters. The molecule has 3 fully saturated rings. The number of ether oxygens (including phenoxy) is 1. The van der Waals surface area contributed by atoms with Gasteiger partial charge in [0, 0.05) is 24.5 Å². The van der Waals surface area contributed by atoms with Gasteiger partial charge < -0.3 is 10.1 Å². The number of imidazole rings is 1. The summed E-state index contributed by atoms with van der Waals surface area (Å²) in [5, 5.41) is 3.34. The van der Waals surface area contributed by atoms with E-state index in [-0.39, 0.29) is 30.8 Å². The molecule has 2 aliphatic heterocycles. The van der Waals surface area contributed by atoms with Crippen LogP contribution in [0.1, 0.15) is 42.9 Å². The van der Waals surface area contributed by atoms with Gasteiger partial charge in [-0.25, -0.2) is 20.0 Å². The minimum absolute atomic E-state index is 0.0982. The predicted molar refractivity (Wildman–Crippen MR) is 137 cm³/mol. The second-order valence-electron chi connectivity index (χ2n) is 11.3. The number of hydrazine groups is 1. The molecule has 0 spiro atoms. The van der Waals surface area contributed by atoms with Gasteiger partial charge in [0.05, 0.1) is 42.1 Å². The number of benzene rings is 1. The van der Waals surface area contributed by atoms with Crippen LogP contribution in [0.15, 0.2) is 47.5 Å². The summed E-state index contributed by atoms with van der Waals surface area (Å²) in [5.41, 5.74) is 4.46. The van der Waals surface area contributed by atoms with E-state index in [4.69, 9.17) is 4.74 Å². The van der Waals surface area contributed by atoms with E-state index in [1.54, 1.807) is 31.3 Å².